The van der Waals surface area contributed by atoms with Gasteiger partial charge in [0.05, 0.1) is 5.56 Å². The number of nitrogens with one attached hydrogen (secondary N) is 1. The molecule has 0 aliphatic carbocycles. The van der Waals surface area contributed by atoms with Crippen molar-refractivity contribution >= 4 is 23.7 Å². The number of anilines is 1. The first-order valence-electron chi connectivity index (χ1n) is 10.8. The number of rotatable bonds is 4. The van der Waals surface area contributed by atoms with Crippen LogP contribution in [0.2, 0.25) is 0 Å². The molecule has 0 spiro atoms. The number of aromatic nitrogens is 2. The summed E-state index contributed by atoms with van der Waals surface area (Å²) in [6.07, 6.45) is 4.80. The quantitative estimate of drug-likeness (QED) is 0.740. The second-order valence-corrected chi connectivity index (χ2v) is 8.20. The highest BCUT2D eigenvalue weighted by Gasteiger charge is 2.28. The first-order valence-corrected chi connectivity index (χ1v) is 10.8. The van der Waals surface area contributed by atoms with Crippen molar-refractivity contribution in [3.63, 3.8) is 0 Å². The number of aromatic carboxylic acids is 1. The average molecular weight is 441 g/mol. The van der Waals surface area contributed by atoms with E-state index in [0.29, 0.717) is 31.9 Å². The van der Waals surface area contributed by atoms with Crippen molar-refractivity contribution in [3.05, 3.63) is 47.9 Å². The Kier molecular flexibility index (Phi) is 6.29. The van der Waals surface area contributed by atoms with E-state index in [9.17, 15) is 14.4 Å². The highest BCUT2D eigenvalue weighted by Crippen LogP contribution is 2.19. The fourth-order valence-corrected chi connectivity index (χ4v) is 4.18. The lowest BCUT2D eigenvalue weighted by Crippen LogP contribution is -2.55. The zero-order valence-electron chi connectivity index (χ0n) is 18.1. The second kappa shape index (κ2) is 9.29. The van der Waals surface area contributed by atoms with E-state index in [-0.39, 0.29) is 23.5 Å². The van der Waals surface area contributed by atoms with Crippen molar-refractivity contribution in [2.75, 3.05) is 44.2 Å². The molecule has 2 aromatic heterocycles. The van der Waals surface area contributed by atoms with E-state index < -0.39 is 5.97 Å². The third kappa shape index (κ3) is 4.68. The van der Waals surface area contributed by atoms with Crippen molar-refractivity contribution in [2.45, 2.75) is 18.9 Å². The lowest BCUT2D eigenvalue weighted by Gasteiger charge is -2.37. The summed E-state index contributed by atoms with van der Waals surface area (Å²) in [7, 11) is 1.85. The van der Waals surface area contributed by atoms with Crippen LogP contribution in [0.4, 0.5) is 10.6 Å². The van der Waals surface area contributed by atoms with Crippen LogP contribution in [-0.2, 0) is 7.05 Å². The lowest BCUT2D eigenvalue weighted by molar-refractivity contribution is 0.0652. The molecule has 0 saturated carbocycles. The molecule has 2 N–H and O–H groups in total. The molecule has 10 nitrogen and oxygen atoms in total. The van der Waals surface area contributed by atoms with Gasteiger partial charge in [-0.15, -0.1) is 0 Å². The monoisotopic (exact) mass is 440 g/mol. The third-order valence-electron chi connectivity index (χ3n) is 6.16. The van der Waals surface area contributed by atoms with Crippen LogP contribution in [0.1, 0.15) is 33.7 Å². The molecule has 10 heteroatoms. The summed E-state index contributed by atoms with van der Waals surface area (Å²) in [6, 6.07) is 6.94. The van der Waals surface area contributed by atoms with E-state index in [2.05, 4.69) is 15.2 Å². The summed E-state index contributed by atoms with van der Waals surface area (Å²) >= 11 is 0. The second-order valence-electron chi connectivity index (χ2n) is 8.20. The number of urea groups is 1. The van der Waals surface area contributed by atoms with E-state index in [1.54, 1.807) is 21.9 Å². The maximum Gasteiger partial charge on any atom is 0.337 e. The van der Waals surface area contributed by atoms with Crippen LogP contribution >= 0.6 is 0 Å². The first kappa shape index (κ1) is 21.7. The fourth-order valence-electron chi connectivity index (χ4n) is 4.18. The molecule has 2 aliphatic heterocycles. The van der Waals surface area contributed by atoms with Crippen LogP contribution in [0.25, 0.3) is 0 Å². The maximum atomic E-state index is 12.7. The van der Waals surface area contributed by atoms with Crippen molar-refractivity contribution in [1.82, 2.24) is 24.7 Å². The molecule has 3 amide bonds. The van der Waals surface area contributed by atoms with Crippen LogP contribution in [0.15, 0.2) is 36.7 Å². The van der Waals surface area contributed by atoms with Gasteiger partial charge in [-0.2, -0.15) is 0 Å². The van der Waals surface area contributed by atoms with Crippen LogP contribution in [0.5, 0.6) is 0 Å². The van der Waals surface area contributed by atoms with Gasteiger partial charge < -0.3 is 29.7 Å². The van der Waals surface area contributed by atoms with Gasteiger partial charge in [0.1, 0.15) is 11.5 Å². The molecule has 2 fully saturated rings. The topological polar surface area (TPSA) is 111 Å². The number of carbonyl (C=O) groups is 3. The van der Waals surface area contributed by atoms with Gasteiger partial charge in [0.15, 0.2) is 0 Å². The minimum absolute atomic E-state index is 0.00470. The third-order valence-corrected chi connectivity index (χ3v) is 6.16. The Morgan fingerprint density at radius 1 is 1.00 bits per heavy atom. The van der Waals surface area contributed by atoms with Gasteiger partial charge in [-0.05, 0) is 37.1 Å². The highest BCUT2D eigenvalue weighted by atomic mass is 16.4. The molecule has 170 valence electrons. The number of nitrogens with zero attached hydrogens (tertiary/aromatic N) is 5. The van der Waals surface area contributed by atoms with Gasteiger partial charge in [-0.25, -0.2) is 14.6 Å². The normalized spacial score (nSPS) is 17.3. The Hall–Kier alpha value is -3.56. The lowest BCUT2D eigenvalue weighted by atomic mass is 10.1. The molecule has 0 aromatic carbocycles. The van der Waals surface area contributed by atoms with Crippen molar-refractivity contribution < 1.29 is 19.5 Å². The summed E-state index contributed by atoms with van der Waals surface area (Å²) in [5, 5.41) is 12.1. The fraction of sp³-hybridized carbons (Fsp3) is 0.455. The predicted octanol–water partition coefficient (Wildman–Crippen LogP) is 1.25. The molecular weight excluding hydrogens is 412 g/mol. The number of carboxylic acid groups (broad SMARTS) is 1. The zero-order valence-corrected chi connectivity index (χ0v) is 18.1. The van der Waals surface area contributed by atoms with Crippen molar-refractivity contribution in [2.24, 2.45) is 7.05 Å². The summed E-state index contributed by atoms with van der Waals surface area (Å²) in [5.41, 5.74) is 0.822. The Morgan fingerprint density at radius 3 is 2.25 bits per heavy atom. The Morgan fingerprint density at radius 2 is 1.69 bits per heavy atom. The standard InChI is InChI=1S/C22H28N6O4/c1-25-8-2-3-18(25)20(29)27-11-13-28(14-12-27)22(32)24-17-6-9-26(10-7-17)19-5-4-16(15-23-19)21(30)31/h2-5,8,15,17H,6-7,9-14H2,1H3,(H,24,32)(H,30,31). The van der Waals surface area contributed by atoms with Gasteiger partial charge in [0, 0.05) is 64.8 Å². The number of carboxylic acids is 1. The SMILES string of the molecule is Cn1cccc1C(=O)N1CCN(C(=O)NC2CCN(c3ccc(C(=O)O)cn3)CC2)CC1. The molecule has 2 aromatic rings. The van der Waals surface area contributed by atoms with E-state index in [1.165, 1.54) is 6.20 Å². The largest absolute Gasteiger partial charge is 0.478 e. The minimum Gasteiger partial charge on any atom is -0.478 e. The predicted molar refractivity (Wildman–Crippen MR) is 118 cm³/mol. The maximum absolute atomic E-state index is 12.7. The average Bonchev–Trinajstić information content (AvgIpc) is 3.25. The van der Waals surface area contributed by atoms with Crippen molar-refractivity contribution in [1.29, 1.82) is 0 Å². The highest BCUT2D eigenvalue weighted by molar-refractivity contribution is 5.93. The molecule has 0 atom stereocenters. The number of hydrogen-bond acceptors (Lipinski definition) is 5. The molecular formula is C22H28N6O4. The summed E-state index contributed by atoms with van der Waals surface area (Å²) < 4.78 is 1.81. The Bertz CT molecular complexity index is 973. The van der Waals surface area contributed by atoms with Gasteiger partial charge >= 0.3 is 12.0 Å². The number of amides is 3. The number of aryl methyl sites for hydroxylation is 1. The molecule has 2 aliphatic rings. The molecule has 4 heterocycles. The zero-order chi connectivity index (χ0) is 22.7. The molecule has 0 radical (unpaired) electrons. The molecule has 0 bridgehead atoms. The van der Waals surface area contributed by atoms with Crippen LogP contribution in [-0.4, -0.2) is 87.7 Å². The Labute approximate surface area is 186 Å². The molecule has 0 unspecified atom stereocenters. The smallest absolute Gasteiger partial charge is 0.337 e. The van der Waals surface area contributed by atoms with Crippen LogP contribution in [0, 0.1) is 0 Å². The number of carbonyl (C=O) groups excluding carboxylic acids is 2. The number of piperazine rings is 1. The molecule has 32 heavy (non-hydrogen) atoms. The van der Waals surface area contributed by atoms with Crippen molar-refractivity contribution in [3.8, 4) is 0 Å². The van der Waals surface area contributed by atoms with E-state index in [4.69, 9.17) is 5.11 Å². The van der Waals surface area contributed by atoms with E-state index >= 15 is 0 Å². The number of pyridine rings is 1. The van der Waals surface area contributed by atoms with Gasteiger partial charge in [0.2, 0.25) is 0 Å². The number of piperidine rings is 1. The molecule has 2 saturated heterocycles. The first-order chi connectivity index (χ1) is 15.4. The summed E-state index contributed by atoms with van der Waals surface area (Å²) in [6.45, 7) is 3.55. The van der Waals surface area contributed by atoms with Gasteiger partial charge in [-0.3, -0.25) is 4.79 Å². The number of hydrogen-bond donors (Lipinski definition) is 2. The van der Waals surface area contributed by atoms with Crippen LogP contribution in [0.3, 0.4) is 0 Å². The minimum atomic E-state index is -0.990. The summed E-state index contributed by atoms with van der Waals surface area (Å²) in [4.78, 5) is 46.2. The Balaban J connectivity index is 1.22. The van der Waals surface area contributed by atoms with Gasteiger partial charge in [-0.1, -0.05) is 0 Å². The van der Waals surface area contributed by atoms with Gasteiger partial charge in [0.25, 0.3) is 5.91 Å². The summed E-state index contributed by atoms with van der Waals surface area (Å²) in [5.74, 6) is -0.246. The van der Waals surface area contributed by atoms with E-state index in [0.717, 1.165) is 31.7 Å². The molecule has 4 rings (SSSR count). The van der Waals surface area contributed by atoms with E-state index in [1.807, 2.05) is 29.9 Å². The van der Waals surface area contributed by atoms with Crippen LogP contribution < -0.4 is 10.2 Å².